The second kappa shape index (κ2) is 7.68. The van der Waals surface area contributed by atoms with Gasteiger partial charge in [0.2, 0.25) is 0 Å². The molecule has 0 spiro atoms. The Labute approximate surface area is 140 Å². The number of ether oxygens (including phenoxy) is 1. The smallest absolute Gasteiger partial charge is 0.315 e. The number of carbonyl (C=O) groups excluding carboxylic acids is 1. The third-order valence-electron chi connectivity index (χ3n) is 3.74. The van der Waals surface area contributed by atoms with Crippen LogP contribution in [0.2, 0.25) is 0 Å². The van der Waals surface area contributed by atoms with Crippen LogP contribution >= 0.6 is 0 Å². The van der Waals surface area contributed by atoms with Gasteiger partial charge in [0.05, 0.1) is 19.2 Å². The molecule has 3 N–H and O–H groups in total. The highest BCUT2D eigenvalue weighted by Crippen LogP contribution is 2.22. The van der Waals surface area contributed by atoms with Gasteiger partial charge in [-0.1, -0.05) is 18.2 Å². The minimum Gasteiger partial charge on any atom is -0.508 e. The van der Waals surface area contributed by atoms with Crippen molar-refractivity contribution in [2.45, 2.75) is 25.9 Å². The fourth-order valence-corrected chi connectivity index (χ4v) is 2.35. The Bertz CT molecular complexity index is 721. The van der Waals surface area contributed by atoms with Gasteiger partial charge in [0.1, 0.15) is 5.75 Å². The average molecular weight is 332 g/mol. The third kappa shape index (κ3) is 4.38. The number of methoxy groups -OCH3 is 1. The molecule has 5 nitrogen and oxygen atoms in total. The predicted octanol–water partition coefficient (Wildman–Crippen LogP) is 3.66. The van der Waals surface area contributed by atoms with Crippen molar-refractivity contribution in [1.29, 1.82) is 0 Å². The molecule has 2 amide bonds. The minimum absolute atomic E-state index is 0.142. The highest BCUT2D eigenvalue weighted by Gasteiger charge is 2.14. The van der Waals surface area contributed by atoms with Crippen LogP contribution in [0.1, 0.15) is 37.1 Å². The van der Waals surface area contributed by atoms with Crippen LogP contribution in [0, 0.1) is 5.82 Å². The summed E-state index contributed by atoms with van der Waals surface area (Å²) in [5.41, 5.74) is 1.42. The average Bonchev–Trinajstić information content (AvgIpc) is 2.54. The predicted molar refractivity (Wildman–Crippen MR) is 89.6 cm³/mol. The van der Waals surface area contributed by atoms with Gasteiger partial charge in [0.25, 0.3) is 0 Å². The highest BCUT2D eigenvalue weighted by atomic mass is 19.1. The largest absolute Gasteiger partial charge is 0.508 e. The van der Waals surface area contributed by atoms with Crippen LogP contribution in [0.25, 0.3) is 0 Å². The summed E-state index contributed by atoms with van der Waals surface area (Å²) in [6.45, 7) is 3.58. The lowest BCUT2D eigenvalue weighted by atomic mass is 10.1. The number of rotatable bonds is 5. The van der Waals surface area contributed by atoms with Crippen molar-refractivity contribution < 1.29 is 19.0 Å². The molecule has 0 aromatic heterocycles. The number of urea groups is 1. The third-order valence-corrected chi connectivity index (χ3v) is 3.74. The first-order valence-electron chi connectivity index (χ1n) is 7.60. The lowest BCUT2D eigenvalue weighted by molar-refractivity contribution is 0.235. The fraction of sp³-hybridized carbons (Fsp3) is 0.278. The van der Waals surface area contributed by atoms with Crippen LogP contribution in [0.4, 0.5) is 9.18 Å². The highest BCUT2D eigenvalue weighted by molar-refractivity contribution is 5.75. The van der Waals surface area contributed by atoms with Crippen LogP contribution in [-0.2, 0) is 0 Å². The van der Waals surface area contributed by atoms with E-state index in [1.165, 1.54) is 19.2 Å². The molecule has 0 unspecified atom stereocenters. The summed E-state index contributed by atoms with van der Waals surface area (Å²) >= 11 is 0. The molecule has 0 bridgehead atoms. The van der Waals surface area contributed by atoms with Crippen molar-refractivity contribution in [2.24, 2.45) is 0 Å². The number of hydrogen-bond acceptors (Lipinski definition) is 3. The Kier molecular flexibility index (Phi) is 5.63. The molecule has 2 aromatic rings. The van der Waals surface area contributed by atoms with E-state index in [-0.39, 0.29) is 29.6 Å². The first-order chi connectivity index (χ1) is 11.4. The normalized spacial score (nSPS) is 13.0. The topological polar surface area (TPSA) is 70.6 Å². The van der Waals surface area contributed by atoms with E-state index in [1.807, 2.05) is 13.0 Å². The van der Waals surface area contributed by atoms with Gasteiger partial charge in [-0.3, -0.25) is 0 Å². The van der Waals surface area contributed by atoms with Gasteiger partial charge in [-0.15, -0.1) is 0 Å². The zero-order chi connectivity index (χ0) is 17.7. The molecule has 0 saturated carbocycles. The molecule has 2 atom stereocenters. The standard InChI is InChI=1S/C18H21FN2O3/c1-11(13-5-4-6-15(22)9-13)20-18(23)21-12(2)14-7-8-17(24-3)16(19)10-14/h4-12,22H,1-3H3,(H2,20,21,23)/t11-,12-/m0/s1. The summed E-state index contributed by atoms with van der Waals surface area (Å²) in [4.78, 5) is 12.1. The van der Waals surface area contributed by atoms with E-state index in [9.17, 15) is 14.3 Å². The second-order valence-electron chi connectivity index (χ2n) is 5.55. The van der Waals surface area contributed by atoms with Gasteiger partial charge >= 0.3 is 6.03 Å². The fourth-order valence-electron chi connectivity index (χ4n) is 2.35. The van der Waals surface area contributed by atoms with E-state index in [2.05, 4.69) is 10.6 Å². The Morgan fingerprint density at radius 3 is 2.25 bits per heavy atom. The van der Waals surface area contributed by atoms with E-state index in [4.69, 9.17) is 4.74 Å². The molecule has 0 aliphatic rings. The summed E-state index contributed by atoms with van der Waals surface area (Å²) in [5, 5.41) is 15.0. The molecule has 6 heteroatoms. The summed E-state index contributed by atoms with van der Waals surface area (Å²) in [5.74, 6) is -0.172. The molecule has 0 saturated heterocycles. The number of halogens is 1. The Morgan fingerprint density at radius 2 is 1.71 bits per heavy atom. The summed E-state index contributed by atoms with van der Waals surface area (Å²) < 4.78 is 18.6. The van der Waals surface area contributed by atoms with Crippen molar-refractivity contribution in [1.82, 2.24) is 10.6 Å². The number of hydrogen-bond donors (Lipinski definition) is 3. The number of carbonyl (C=O) groups is 1. The molecule has 0 fully saturated rings. The monoisotopic (exact) mass is 332 g/mol. The van der Waals surface area contributed by atoms with Crippen molar-refractivity contribution in [2.75, 3.05) is 7.11 Å². The number of amides is 2. The van der Waals surface area contributed by atoms with Gasteiger partial charge in [0.15, 0.2) is 11.6 Å². The molecule has 0 heterocycles. The van der Waals surface area contributed by atoms with Gasteiger partial charge in [-0.25, -0.2) is 9.18 Å². The quantitative estimate of drug-likeness (QED) is 0.782. The lowest BCUT2D eigenvalue weighted by Crippen LogP contribution is -2.38. The van der Waals surface area contributed by atoms with Crippen LogP contribution < -0.4 is 15.4 Å². The van der Waals surface area contributed by atoms with E-state index in [0.717, 1.165) is 5.56 Å². The lowest BCUT2D eigenvalue weighted by Gasteiger charge is -2.19. The maximum absolute atomic E-state index is 13.7. The van der Waals surface area contributed by atoms with Crippen molar-refractivity contribution >= 4 is 6.03 Å². The van der Waals surface area contributed by atoms with Gasteiger partial charge in [0, 0.05) is 0 Å². The molecule has 24 heavy (non-hydrogen) atoms. The maximum atomic E-state index is 13.7. The van der Waals surface area contributed by atoms with Gasteiger partial charge < -0.3 is 20.5 Å². The van der Waals surface area contributed by atoms with E-state index in [0.29, 0.717) is 5.56 Å². The summed E-state index contributed by atoms with van der Waals surface area (Å²) in [6, 6.07) is 10.2. The first-order valence-corrected chi connectivity index (χ1v) is 7.60. The molecule has 2 aromatic carbocycles. The second-order valence-corrected chi connectivity index (χ2v) is 5.55. The number of phenolic OH excluding ortho intramolecular Hbond substituents is 1. The maximum Gasteiger partial charge on any atom is 0.315 e. The number of nitrogens with one attached hydrogen (secondary N) is 2. The minimum atomic E-state index is -0.475. The van der Waals surface area contributed by atoms with Crippen LogP contribution in [-0.4, -0.2) is 18.2 Å². The molecular formula is C18H21FN2O3. The van der Waals surface area contributed by atoms with Crippen LogP contribution in [0.5, 0.6) is 11.5 Å². The summed E-state index contributed by atoms with van der Waals surface area (Å²) in [7, 11) is 1.40. The number of phenols is 1. The molecule has 0 aliphatic carbocycles. The van der Waals surface area contributed by atoms with E-state index in [1.54, 1.807) is 31.2 Å². The molecule has 0 radical (unpaired) electrons. The van der Waals surface area contributed by atoms with Crippen LogP contribution in [0.3, 0.4) is 0 Å². The number of benzene rings is 2. The summed E-state index contributed by atoms with van der Waals surface area (Å²) in [6.07, 6.45) is 0. The van der Waals surface area contributed by atoms with Gasteiger partial charge in [-0.2, -0.15) is 0 Å². The molecule has 0 aliphatic heterocycles. The first kappa shape index (κ1) is 17.6. The Morgan fingerprint density at radius 1 is 1.08 bits per heavy atom. The van der Waals surface area contributed by atoms with Crippen LogP contribution in [0.15, 0.2) is 42.5 Å². The zero-order valence-corrected chi connectivity index (χ0v) is 13.8. The Balaban J connectivity index is 1.97. The zero-order valence-electron chi connectivity index (χ0n) is 13.8. The van der Waals surface area contributed by atoms with Gasteiger partial charge in [-0.05, 0) is 49.2 Å². The molecule has 128 valence electrons. The van der Waals surface area contributed by atoms with Crippen molar-refractivity contribution in [3.05, 3.63) is 59.4 Å². The van der Waals surface area contributed by atoms with Crippen molar-refractivity contribution in [3.8, 4) is 11.5 Å². The van der Waals surface area contributed by atoms with E-state index >= 15 is 0 Å². The SMILES string of the molecule is COc1ccc([C@H](C)NC(=O)N[C@@H](C)c2cccc(O)c2)cc1F. The Hall–Kier alpha value is -2.76. The van der Waals surface area contributed by atoms with E-state index < -0.39 is 5.82 Å². The molecule has 2 rings (SSSR count). The molecular weight excluding hydrogens is 311 g/mol. The number of aromatic hydroxyl groups is 1. The van der Waals surface area contributed by atoms with Crippen molar-refractivity contribution in [3.63, 3.8) is 0 Å².